The number of para-hydroxylation sites is 1. The number of aliphatic hydroxyl groups excluding tert-OH is 1. The zero-order valence-corrected chi connectivity index (χ0v) is 12.1. The summed E-state index contributed by atoms with van der Waals surface area (Å²) in [5.74, 6) is -0.212. The van der Waals surface area contributed by atoms with E-state index in [1.54, 1.807) is 6.07 Å². The molecule has 0 radical (unpaired) electrons. The second-order valence-electron chi connectivity index (χ2n) is 5.02. The Kier molecular flexibility index (Phi) is 4.95. The van der Waals surface area contributed by atoms with Crippen molar-refractivity contribution in [1.29, 1.82) is 0 Å². The smallest absolute Gasteiger partial charge is 0.257 e. The molecule has 0 atom stereocenters. The quantitative estimate of drug-likeness (QED) is 0.739. The van der Waals surface area contributed by atoms with Gasteiger partial charge in [-0.25, -0.2) is 0 Å². The van der Waals surface area contributed by atoms with Gasteiger partial charge in [-0.3, -0.25) is 4.79 Å². The maximum absolute atomic E-state index is 12.3. The number of nitrogens with two attached hydrogens (primary N) is 1. The van der Waals surface area contributed by atoms with E-state index in [0.717, 1.165) is 23.2 Å². The molecule has 0 unspecified atom stereocenters. The van der Waals surface area contributed by atoms with Gasteiger partial charge in [0.1, 0.15) is 0 Å². The van der Waals surface area contributed by atoms with Crippen LogP contribution in [0.3, 0.4) is 0 Å². The fraction of sp³-hybridized carbons (Fsp3) is 0.235. The van der Waals surface area contributed by atoms with Gasteiger partial charge in [0.15, 0.2) is 0 Å². The topological polar surface area (TPSA) is 75.3 Å². The molecule has 0 heterocycles. The summed E-state index contributed by atoms with van der Waals surface area (Å²) in [5.41, 5.74) is 9.64. The lowest BCUT2D eigenvalue weighted by molar-refractivity contribution is 0.102. The van der Waals surface area contributed by atoms with Crippen molar-refractivity contribution in [3.05, 3.63) is 59.2 Å². The normalized spacial score (nSPS) is 10.4. The Morgan fingerprint density at radius 1 is 1.24 bits per heavy atom. The summed E-state index contributed by atoms with van der Waals surface area (Å²) in [6, 6.07) is 13.0. The van der Waals surface area contributed by atoms with Gasteiger partial charge in [-0.1, -0.05) is 24.3 Å². The second-order valence-corrected chi connectivity index (χ2v) is 5.02. The molecule has 4 N–H and O–H groups in total. The summed E-state index contributed by atoms with van der Waals surface area (Å²) >= 11 is 0. The maximum atomic E-state index is 12.3. The lowest BCUT2D eigenvalue weighted by atomic mass is 10.1. The van der Waals surface area contributed by atoms with Crippen LogP contribution in [0, 0.1) is 6.92 Å². The summed E-state index contributed by atoms with van der Waals surface area (Å²) in [5, 5.41) is 11.7. The van der Waals surface area contributed by atoms with E-state index in [2.05, 4.69) is 5.32 Å². The number of aryl methyl sites for hydroxylation is 2. The number of carbonyl (C=O) groups excluding carboxylic acids is 1. The number of nitrogens with one attached hydrogen (secondary N) is 1. The average molecular weight is 284 g/mol. The van der Waals surface area contributed by atoms with Crippen LogP contribution in [0.25, 0.3) is 0 Å². The summed E-state index contributed by atoms with van der Waals surface area (Å²) in [4.78, 5) is 12.3. The molecule has 4 heteroatoms. The standard InChI is InChI=1S/C17H20N2O2/c1-12-5-2-9-15(16(12)18)17(21)19-14-8-3-6-13(11-14)7-4-10-20/h2-3,5-6,8-9,11,20H,4,7,10,18H2,1H3,(H,19,21). The van der Waals surface area contributed by atoms with E-state index >= 15 is 0 Å². The molecule has 0 spiro atoms. The van der Waals surface area contributed by atoms with E-state index in [-0.39, 0.29) is 12.5 Å². The van der Waals surface area contributed by atoms with Gasteiger partial charge in [0.25, 0.3) is 5.91 Å². The van der Waals surface area contributed by atoms with Gasteiger partial charge in [0, 0.05) is 18.0 Å². The highest BCUT2D eigenvalue weighted by molar-refractivity contribution is 6.08. The molecule has 0 aromatic heterocycles. The molecule has 0 saturated carbocycles. The van der Waals surface area contributed by atoms with Crippen LogP contribution in [-0.2, 0) is 6.42 Å². The van der Waals surface area contributed by atoms with E-state index in [9.17, 15) is 4.79 Å². The Hall–Kier alpha value is -2.33. The first-order valence-electron chi connectivity index (χ1n) is 6.98. The highest BCUT2D eigenvalue weighted by atomic mass is 16.2. The second kappa shape index (κ2) is 6.90. The van der Waals surface area contributed by atoms with Crippen LogP contribution in [0.5, 0.6) is 0 Å². The van der Waals surface area contributed by atoms with E-state index in [1.165, 1.54) is 0 Å². The fourth-order valence-corrected chi connectivity index (χ4v) is 2.16. The molecule has 0 aliphatic rings. The third kappa shape index (κ3) is 3.83. The fourth-order valence-electron chi connectivity index (χ4n) is 2.16. The molecule has 2 aromatic rings. The summed E-state index contributed by atoms with van der Waals surface area (Å²) in [6.07, 6.45) is 1.50. The van der Waals surface area contributed by atoms with Crippen LogP contribution in [0.1, 0.15) is 27.9 Å². The Morgan fingerprint density at radius 2 is 2.00 bits per heavy atom. The number of anilines is 2. The number of rotatable bonds is 5. The molecular formula is C17H20N2O2. The number of benzene rings is 2. The number of nitrogen functional groups attached to an aromatic ring is 1. The molecule has 4 nitrogen and oxygen atoms in total. The van der Waals surface area contributed by atoms with E-state index in [0.29, 0.717) is 17.7 Å². The van der Waals surface area contributed by atoms with Crippen LogP contribution >= 0.6 is 0 Å². The molecule has 0 saturated heterocycles. The number of aliphatic hydroxyl groups is 1. The monoisotopic (exact) mass is 284 g/mol. The zero-order chi connectivity index (χ0) is 15.2. The lowest BCUT2D eigenvalue weighted by Crippen LogP contribution is -2.14. The van der Waals surface area contributed by atoms with Crippen LogP contribution < -0.4 is 11.1 Å². The molecule has 1 amide bonds. The average Bonchev–Trinajstić information content (AvgIpc) is 2.48. The predicted octanol–water partition coefficient (Wildman–Crippen LogP) is 2.75. The van der Waals surface area contributed by atoms with Gasteiger partial charge < -0.3 is 16.2 Å². The molecule has 110 valence electrons. The largest absolute Gasteiger partial charge is 0.398 e. The van der Waals surface area contributed by atoms with E-state index in [1.807, 2.05) is 43.3 Å². The maximum Gasteiger partial charge on any atom is 0.257 e. The molecular weight excluding hydrogens is 264 g/mol. The van der Waals surface area contributed by atoms with Crippen LogP contribution in [0.15, 0.2) is 42.5 Å². The van der Waals surface area contributed by atoms with Crippen molar-refractivity contribution in [3.63, 3.8) is 0 Å². The molecule has 2 aromatic carbocycles. The zero-order valence-electron chi connectivity index (χ0n) is 12.1. The summed E-state index contributed by atoms with van der Waals surface area (Å²) < 4.78 is 0. The van der Waals surface area contributed by atoms with Crippen LogP contribution in [0.2, 0.25) is 0 Å². The molecule has 0 bridgehead atoms. The van der Waals surface area contributed by atoms with Crippen molar-refractivity contribution in [2.45, 2.75) is 19.8 Å². The van der Waals surface area contributed by atoms with Gasteiger partial charge >= 0.3 is 0 Å². The van der Waals surface area contributed by atoms with Crippen molar-refractivity contribution in [1.82, 2.24) is 0 Å². The first-order chi connectivity index (χ1) is 10.1. The summed E-state index contributed by atoms with van der Waals surface area (Å²) in [7, 11) is 0. The highest BCUT2D eigenvalue weighted by Crippen LogP contribution is 2.19. The molecule has 21 heavy (non-hydrogen) atoms. The highest BCUT2D eigenvalue weighted by Gasteiger charge is 2.11. The summed E-state index contributed by atoms with van der Waals surface area (Å²) in [6.45, 7) is 2.04. The third-order valence-corrected chi connectivity index (χ3v) is 3.38. The van der Waals surface area contributed by atoms with Gasteiger partial charge in [-0.15, -0.1) is 0 Å². The van der Waals surface area contributed by atoms with Gasteiger partial charge in [-0.2, -0.15) is 0 Å². The Balaban J connectivity index is 2.14. The molecule has 0 fully saturated rings. The van der Waals surface area contributed by atoms with Crippen molar-refractivity contribution < 1.29 is 9.90 Å². The third-order valence-electron chi connectivity index (χ3n) is 3.38. The minimum Gasteiger partial charge on any atom is -0.398 e. The molecule has 0 aliphatic carbocycles. The van der Waals surface area contributed by atoms with Crippen LogP contribution in [-0.4, -0.2) is 17.6 Å². The lowest BCUT2D eigenvalue weighted by Gasteiger charge is -2.10. The SMILES string of the molecule is Cc1cccc(C(=O)Nc2cccc(CCCO)c2)c1N. The van der Waals surface area contributed by atoms with Crippen molar-refractivity contribution in [3.8, 4) is 0 Å². The number of carbonyl (C=O) groups is 1. The molecule has 2 rings (SSSR count). The van der Waals surface area contributed by atoms with Gasteiger partial charge in [0.2, 0.25) is 0 Å². The first-order valence-corrected chi connectivity index (χ1v) is 6.98. The predicted molar refractivity (Wildman–Crippen MR) is 85.4 cm³/mol. The van der Waals surface area contributed by atoms with Crippen LogP contribution in [0.4, 0.5) is 11.4 Å². The number of hydrogen-bond donors (Lipinski definition) is 3. The van der Waals surface area contributed by atoms with Crippen molar-refractivity contribution in [2.24, 2.45) is 0 Å². The molecule has 0 aliphatic heterocycles. The number of hydrogen-bond acceptors (Lipinski definition) is 3. The van der Waals surface area contributed by atoms with Crippen molar-refractivity contribution in [2.75, 3.05) is 17.7 Å². The number of amides is 1. The van der Waals surface area contributed by atoms with Crippen molar-refractivity contribution >= 4 is 17.3 Å². The van der Waals surface area contributed by atoms with E-state index in [4.69, 9.17) is 10.8 Å². The van der Waals surface area contributed by atoms with Gasteiger partial charge in [-0.05, 0) is 49.1 Å². The van der Waals surface area contributed by atoms with Gasteiger partial charge in [0.05, 0.1) is 5.56 Å². The van der Waals surface area contributed by atoms with E-state index < -0.39 is 0 Å². The Bertz CT molecular complexity index is 638. The first kappa shape index (κ1) is 15.1. The Labute approximate surface area is 124 Å². The Morgan fingerprint density at radius 3 is 2.76 bits per heavy atom. The minimum absolute atomic E-state index is 0.163. The minimum atomic E-state index is -0.212.